The number of benzene rings is 1. The monoisotopic (exact) mass is 259 g/mol. The lowest BCUT2D eigenvalue weighted by molar-refractivity contribution is 0.770. The van der Waals surface area contributed by atoms with Crippen molar-refractivity contribution in [2.24, 2.45) is 0 Å². The standard InChI is InChI=1S/C10H10BrN.ClH/c1-2-6-12-8-9-4-3-5-10(11)7-9;/h1,3-5,7,12H,6,8H2;1H. The Morgan fingerprint density at radius 3 is 2.85 bits per heavy atom. The van der Waals surface area contributed by atoms with Gasteiger partial charge in [-0.15, -0.1) is 18.8 Å². The van der Waals surface area contributed by atoms with Crippen molar-refractivity contribution >= 4 is 28.3 Å². The minimum atomic E-state index is 0. The summed E-state index contributed by atoms with van der Waals surface area (Å²) < 4.78 is 1.10. The second-order valence-electron chi connectivity index (χ2n) is 2.44. The van der Waals surface area contributed by atoms with Crippen molar-refractivity contribution in [2.75, 3.05) is 6.54 Å². The second kappa shape index (κ2) is 6.97. The van der Waals surface area contributed by atoms with Gasteiger partial charge in [0, 0.05) is 11.0 Å². The first-order valence-electron chi connectivity index (χ1n) is 3.71. The van der Waals surface area contributed by atoms with E-state index in [2.05, 4.69) is 39.3 Å². The zero-order valence-electron chi connectivity index (χ0n) is 7.09. The molecule has 0 bridgehead atoms. The molecule has 0 aliphatic heterocycles. The molecule has 0 aromatic heterocycles. The fourth-order valence-corrected chi connectivity index (χ4v) is 1.37. The maximum Gasteiger partial charge on any atom is 0.0576 e. The lowest BCUT2D eigenvalue weighted by Crippen LogP contribution is -2.12. The Hall–Kier alpha value is -0.490. The molecule has 1 aromatic rings. The molecule has 0 aliphatic rings. The summed E-state index contributed by atoms with van der Waals surface area (Å²) >= 11 is 3.40. The first-order valence-corrected chi connectivity index (χ1v) is 4.51. The van der Waals surface area contributed by atoms with E-state index in [4.69, 9.17) is 6.42 Å². The fourth-order valence-electron chi connectivity index (χ4n) is 0.926. The highest BCUT2D eigenvalue weighted by molar-refractivity contribution is 9.10. The SMILES string of the molecule is C#CCNCc1cccc(Br)c1.Cl. The van der Waals surface area contributed by atoms with Crippen molar-refractivity contribution in [3.8, 4) is 12.3 Å². The molecule has 1 nitrogen and oxygen atoms in total. The van der Waals surface area contributed by atoms with Crippen LogP contribution in [0.4, 0.5) is 0 Å². The van der Waals surface area contributed by atoms with E-state index in [0.717, 1.165) is 11.0 Å². The first-order chi connectivity index (χ1) is 5.83. The van der Waals surface area contributed by atoms with E-state index in [1.54, 1.807) is 0 Å². The van der Waals surface area contributed by atoms with Crippen molar-refractivity contribution in [3.05, 3.63) is 34.3 Å². The van der Waals surface area contributed by atoms with Crippen LogP contribution in [0.1, 0.15) is 5.56 Å². The van der Waals surface area contributed by atoms with Crippen LogP contribution in [0, 0.1) is 12.3 Å². The molecule has 0 atom stereocenters. The van der Waals surface area contributed by atoms with E-state index in [0.29, 0.717) is 6.54 Å². The van der Waals surface area contributed by atoms with Gasteiger partial charge in [-0.1, -0.05) is 34.0 Å². The van der Waals surface area contributed by atoms with Gasteiger partial charge in [0.15, 0.2) is 0 Å². The maximum atomic E-state index is 5.10. The molecule has 0 saturated carbocycles. The minimum absolute atomic E-state index is 0. The third-order valence-electron chi connectivity index (χ3n) is 1.45. The molecule has 70 valence electrons. The summed E-state index contributed by atoms with van der Waals surface area (Å²) in [4.78, 5) is 0. The van der Waals surface area contributed by atoms with Crippen molar-refractivity contribution in [2.45, 2.75) is 6.54 Å². The van der Waals surface area contributed by atoms with E-state index in [-0.39, 0.29) is 12.4 Å². The third kappa shape index (κ3) is 4.94. The molecule has 1 N–H and O–H groups in total. The molecule has 13 heavy (non-hydrogen) atoms. The molecule has 0 fully saturated rings. The minimum Gasteiger partial charge on any atom is -0.302 e. The lowest BCUT2D eigenvalue weighted by atomic mass is 10.2. The highest BCUT2D eigenvalue weighted by Crippen LogP contribution is 2.10. The summed E-state index contributed by atoms with van der Waals surface area (Å²) in [6.07, 6.45) is 5.10. The molecule has 0 spiro atoms. The van der Waals surface area contributed by atoms with Crippen LogP contribution in [0.15, 0.2) is 28.7 Å². The van der Waals surface area contributed by atoms with Gasteiger partial charge in [0.1, 0.15) is 0 Å². The third-order valence-corrected chi connectivity index (χ3v) is 1.94. The van der Waals surface area contributed by atoms with E-state index in [1.807, 2.05) is 12.1 Å². The van der Waals surface area contributed by atoms with Crippen LogP contribution < -0.4 is 5.32 Å². The number of terminal acetylenes is 1. The zero-order valence-corrected chi connectivity index (χ0v) is 9.49. The molecule has 0 aliphatic carbocycles. The molecular formula is C10H11BrClN. The molecule has 1 aromatic carbocycles. The van der Waals surface area contributed by atoms with Gasteiger partial charge in [0.2, 0.25) is 0 Å². The Kier molecular flexibility index (Phi) is 6.70. The first kappa shape index (κ1) is 12.5. The number of hydrogen-bond acceptors (Lipinski definition) is 1. The van der Waals surface area contributed by atoms with Crippen molar-refractivity contribution in [1.82, 2.24) is 5.32 Å². The van der Waals surface area contributed by atoms with Crippen LogP contribution in [-0.2, 0) is 6.54 Å². The molecular weight excluding hydrogens is 249 g/mol. The van der Waals surface area contributed by atoms with E-state index >= 15 is 0 Å². The van der Waals surface area contributed by atoms with Crippen molar-refractivity contribution < 1.29 is 0 Å². The largest absolute Gasteiger partial charge is 0.302 e. The Morgan fingerprint density at radius 1 is 1.46 bits per heavy atom. The zero-order chi connectivity index (χ0) is 8.81. The Morgan fingerprint density at radius 2 is 2.23 bits per heavy atom. The normalized spacial score (nSPS) is 8.62. The van der Waals surface area contributed by atoms with Crippen molar-refractivity contribution in [3.63, 3.8) is 0 Å². The number of hydrogen-bond donors (Lipinski definition) is 1. The molecule has 0 saturated heterocycles. The van der Waals surface area contributed by atoms with Gasteiger partial charge >= 0.3 is 0 Å². The van der Waals surface area contributed by atoms with E-state index < -0.39 is 0 Å². The topological polar surface area (TPSA) is 12.0 Å². The van der Waals surface area contributed by atoms with Crippen LogP contribution in [0.25, 0.3) is 0 Å². The lowest BCUT2D eigenvalue weighted by Gasteiger charge is -2.00. The smallest absolute Gasteiger partial charge is 0.0576 e. The van der Waals surface area contributed by atoms with Crippen LogP contribution in [0.2, 0.25) is 0 Å². The van der Waals surface area contributed by atoms with Gasteiger partial charge < -0.3 is 5.32 Å². The summed E-state index contributed by atoms with van der Waals surface area (Å²) in [6, 6.07) is 8.15. The summed E-state index contributed by atoms with van der Waals surface area (Å²) in [6.45, 7) is 1.44. The Labute approximate surface area is 93.5 Å². The molecule has 0 heterocycles. The molecule has 0 amide bonds. The van der Waals surface area contributed by atoms with Gasteiger partial charge in [0.25, 0.3) is 0 Å². The average Bonchev–Trinajstić information content (AvgIpc) is 2.05. The second-order valence-corrected chi connectivity index (χ2v) is 3.35. The van der Waals surface area contributed by atoms with Crippen LogP contribution in [-0.4, -0.2) is 6.54 Å². The summed E-state index contributed by atoms with van der Waals surface area (Å²) in [5, 5.41) is 3.12. The summed E-state index contributed by atoms with van der Waals surface area (Å²) in [5.41, 5.74) is 1.24. The number of nitrogens with one attached hydrogen (secondary N) is 1. The number of halogens is 2. The van der Waals surface area contributed by atoms with Gasteiger partial charge in [0.05, 0.1) is 6.54 Å². The van der Waals surface area contributed by atoms with E-state index in [9.17, 15) is 0 Å². The van der Waals surface area contributed by atoms with Crippen LogP contribution in [0.5, 0.6) is 0 Å². The highest BCUT2D eigenvalue weighted by Gasteiger charge is 1.91. The van der Waals surface area contributed by atoms with Gasteiger partial charge in [-0.3, -0.25) is 0 Å². The Balaban J connectivity index is 0.00000144. The predicted octanol–water partition coefficient (Wildman–Crippen LogP) is 2.59. The molecule has 0 radical (unpaired) electrons. The average molecular weight is 261 g/mol. The van der Waals surface area contributed by atoms with Gasteiger partial charge in [-0.2, -0.15) is 0 Å². The number of rotatable bonds is 3. The molecule has 3 heteroatoms. The van der Waals surface area contributed by atoms with Crippen LogP contribution in [0.3, 0.4) is 0 Å². The maximum absolute atomic E-state index is 5.10. The van der Waals surface area contributed by atoms with E-state index in [1.165, 1.54) is 5.56 Å². The van der Waals surface area contributed by atoms with Gasteiger partial charge in [-0.05, 0) is 17.7 Å². The fraction of sp³-hybridized carbons (Fsp3) is 0.200. The molecule has 0 unspecified atom stereocenters. The summed E-state index contributed by atoms with van der Waals surface area (Å²) in [5.74, 6) is 2.53. The van der Waals surface area contributed by atoms with Crippen molar-refractivity contribution in [1.29, 1.82) is 0 Å². The quantitative estimate of drug-likeness (QED) is 0.651. The van der Waals surface area contributed by atoms with Crippen LogP contribution >= 0.6 is 28.3 Å². The Bertz CT molecular complexity index is 293. The highest BCUT2D eigenvalue weighted by atomic mass is 79.9. The predicted molar refractivity (Wildman–Crippen MR) is 61.9 cm³/mol. The molecule has 1 rings (SSSR count). The van der Waals surface area contributed by atoms with Gasteiger partial charge in [-0.25, -0.2) is 0 Å². The summed E-state index contributed by atoms with van der Waals surface area (Å²) in [7, 11) is 0.